The molecule has 1 saturated carbocycles. The number of anilines is 1. The predicted molar refractivity (Wildman–Crippen MR) is 104 cm³/mol. The van der Waals surface area contributed by atoms with Crippen molar-refractivity contribution in [3.63, 3.8) is 0 Å². The van der Waals surface area contributed by atoms with Crippen LogP contribution in [-0.2, 0) is 4.79 Å². The Bertz CT molecular complexity index is 856. The summed E-state index contributed by atoms with van der Waals surface area (Å²) in [5, 5.41) is 13.3. The van der Waals surface area contributed by atoms with Crippen LogP contribution in [0.15, 0.2) is 23.3 Å². The van der Waals surface area contributed by atoms with Crippen molar-refractivity contribution in [1.82, 2.24) is 20.0 Å². The Morgan fingerprint density at radius 1 is 1.41 bits per heavy atom. The van der Waals surface area contributed by atoms with Gasteiger partial charge >= 0.3 is 0 Å². The fourth-order valence-corrected chi connectivity index (χ4v) is 3.71. The van der Waals surface area contributed by atoms with Gasteiger partial charge in [-0.15, -0.1) is 0 Å². The molecule has 1 fully saturated rings. The molecule has 2 aromatic heterocycles. The number of aromatic nitrogens is 4. The summed E-state index contributed by atoms with van der Waals surface area (Å²) in [5.74, 6) is 0.723. The van der Waals surface area contributed by atoms with Crippen LogP contribution in [0.3, 0.4) is 0 Å². The molecule has 2 heterocycles. The van der Waals surface area contributed by atoms with Crippen molar-refractivity contribution in [2.75, 3.05) is 5.32 Å². The van der Waals surface area contributed by atoms with Crippen molar-refractivity contribution in [2.24, 2.45) is 17.6 Å². The zero-order valence-corrected chi connectivity index (χ0v) is 16.2. The van der Waals surface area contributed by atoms with E-state index in [9.17, 15) is 9.59 Å². The molecule has 2 aromatic rings. The highest BCUT2D eigenvalue weighted by Crippen LogP contribution is 2.30. The summed E-state index contributed by atoms with van der Waals surface area (Å²) in [6, 6.07) is 0.610. The lowest BCUT2D eigenvalue weighted by molar-refractivity contribution is -0.118. The molecule has 1 aliphatic rings. The maximum atomic E-state index is 12.5. The van der Waals surface area contributed by atoms with E-state index in [0.29, 0.717) is 17.2 Å². The van der Waals surface area contributed by atoms with Crippen LogP contribution in [-0.4, -0.2) is 31.9 Å². The molecule has 1 aliphatic carbocycles. The number of H-pyrrole nitrogens is 1. The zero-order valence-electron chi connectivity index (χ0n) is 15.5. The van der Waals surface area contributed by atoms with Gasteiger partial charge in [-0.25, -0.2) is 5.10 Å². The number of aromatic amines is 1. The second-order valence-corrected chi connectivity index (χ2v) is 7.78. The van der Waals surface area contributed by atoms with Crippen LogP contribution in [0.4, 0.5) is 5.69 Å². The van der Waals surface area contributed by atoms with Gasteiger partial charge in [-0.05, 0) is 37.7 Å². The summed E-state index contributed by atoms with van der Waals surface area (Å²) in [6.07, 6.45) is 7.41. The molecule has 1 amide bonds. The number of halogens is 1. The zero-order chi connectivity index (χ0) is 19.6. The summed E-state index contributed by atoms with van der Waals surface area (Å²) in [5.41, 5.74) is 6.82. The third kappa shape index (κ3) is 4.56. The van der Waals surface area contributed by atoms with Gasteiger partial charge in [0.05, 0.1) is 24.0 Å². The van der Waals surface area contributed by atoms with E-state index in [1.54, 1.807) is 17.1 Å². The van der Waals surface area contributed by atoms with E-state index in [1.165, 1.54) is 6.07 Å². The molecule has 0 bridgehead atoms. The lowest BCUT2D eigenvalue weighted by Crippen LogP contribution is -2.43. The molecule has 2 atom stereocenters. The highest BCUT2D eigenvalue weighted by atomic mass is 35.5. The normalized spacial score (nSPS) is 22.2. The number of rotatable bonds is 5. The van der Waals surface area contributed by atoms with Crippen LogP contribution in [0.2, 0.25) is 5.15 Å². The largest absolute Gasteiger partial charge is 0.322 e. The number of nitrogens with one attached hydrogen (secondary N) is 2. The SMILES string of the molecule is CC(c1cc(Cl)n[nH]c1=O)n1cc(NC(=O)[C@@H](N)[C@H]2CC[C@H](C)CC2)cn1. The quantitative estimate of drug-likeness (QED) is 0.721. The maximum absolute atomic E-state index is 12.5. The van der Waals surface area contributed by atoms with E-state index >= 15 is 0 Å². The molecular formula is C18H25ClN6O2. The molecule has 0 aromatic carbocycles. The second-order valence-electron chi connectivity index (χ2n) is 7.40. The minimum Gasteiger partial charge on any atom is -0.322 e. The number of carbonyl (C=O) groups excluding carboxylic acids is 1. The Kier molecular flexibility index (Phi) is 5.96. The first kappa shape index (κ1) is 19.6. The number of hydrogen-bond donors (Lipinski definition) is 3. The van der Waals surface area contributed by atoms with Crippen LogP contribution in [0, 0.1) is 11.8 Å². The maximum Gasteiger partial charge on any atom is 0.269 e. The molecular weight excluding hydrogens is 368 g/mol. The Balaban J connectivity index is 1.66. The Labute approximate surface area is 162 Å². The molecule has 9 heteroatoms. The van der Waals surface area contributed by atoms with Gasteiger partial charge < -0.3 is 11.1 Å². The third-order valence-electron chi connectivity index (χ3n) is 5.39. The van der Waals surface area contributed by atoms with Crippen molar-refractivity contribution >= 4 is 23.2 Å². The molecule has 0 saturated heterocycles. The molecule has 0 radical (unpaired) electrons. The Morgan fingerprint density at radius 3 is 2.81 bits per heavy atom. The van der Waals surface area contributed by atoms with Gasteiger partial charge in [-0.3, -0.25) is 14.3 Å². The van der Waals surface area contributed by atoms with Crippen molar-refractivity contribution in [1.29, 1.82) is 0 Å². The van der Waals surface area contributed by atoms with Crippen LogP contribution in [0.1, 0.15) is 51.1 Å². The molecule has 4 N–H and O–H groups in total. The van der Waals surface area contributed by atoms with E-state index in [2.05, 4.69) is 27.5 Å². The number of nitrogens with two attached hydrogens (primary N) is 1. The van der Waals surface area contributed by atoms with Gasteiger partial charge in [0, 0.05) is 11.8 Å². The lowest BCUT2D eigenvalue weighted by atomic mass is 9.79. The van der Waals surface area contributed by atoms with E-state index in [1.807, 2.05) is 6.92 Å². The van der Waals surface area contributed by atoms with Crippen LogP contribution in [0.25, 0.3) is 0 Å². The molecule has 0 spiro atoms. The fourth-order valence-electron chi connectivity index (χ4n) is 3.55. The van der Waals surface area contributed by atoms with Crippen LogP contribution < -0.4 is 16.6 Å². The van der Waals surface area contributed by atoms with E-state index in [0.717, 1.165) is 25.7 Å². The lowest BCUT2D eigenvalue weighted by Gasteiger charge is -2.29. The van der Waals surface area contributed by atoms with Gasteiger partial charge in [0.25, 0.3) is 5.56 Å². The predicted octanol–water partition coefficient (Wildman–Crippen LogP) is 2.32. The average molecular weight is 393 g/mol. The highest BCUT2D eigenvalue weighted by molar-refractivity contribution is 6.29. The smallest absolute Gasteiger partial charge is 0.269 e. The molecule has 8 nitrogen and oxygen atoms in total. The molecule has 27 heavy (non-hydrogen) atoms. The minimum atomic E-state index is -0.528. The molecule has 0 aliphatic heterocycles. The van der Waals surface area contributed by atoms with Crippen LogP contribution in [0.5, 0.6) is 0 Å². The van der Waals surface area contributed by atoms with Crippen molar-refractivity contribution in [3.8, 4) is 0 Å². The monoisotopic (exact) mass is 392 g/mol. The minimum absolute atomic E-state index is 0.199. The summed E-state index contributed by atoms with van der Waals surface area (Å²) >= 11 is 5.86. The number of amides is 1. The number of hydrogen-bond acceptors (Lipinski definition) is 5. The first-order chi connectivity index (χ1) is 12.8. The topological polar surface area (TPSA) is 119 Å². The first-order valence-electron chi connectivity index (χ1n) is 9.21. The van der Waals surface area contributed by atoms with E-state index in [-0.39, 0.29) is 28.6 Å². The Hall–Kier alpha value is -2.19. The summed E-state index contributed by atoms with van der Waals surface area (Å²) < 4.78 is 1.59. The van der Waals surface area contributed by atoms with Gasteiger partial charge in [-0.1, -0.05) is 31.4 Å². The second kappa shape index (κ2) is 8.22. The van der Waals surface area contributed by atoms with Crippen molar-refractivity contribution in [3.05, 3.63) is 39.5 Å². The van der Waals surface area contributed by atoms with Crippen molar-refractivity contribution < 1.29 is 4.79 Å². The summed E-state index contributed by atoms with van der Waals surface area (Å²) in [4.78, 5) is 24.4. The van der Waals surface area contributed by atoms with Gasteiger partial charge in [-0.2, -0.15) is 10.2 Å². The van der Waals surface area contributed by atoms with Gasteiger partial charge in [0.2, 0.25) is 5.91 Å². The van der Waals surface area contributed by atoms with Crippen molar-refractivity contribution in [2.45, 2.75) is 51.6 Å². The molecule has 1 unspecified atom stereocenters. The Morgan fingerprint density at radius 2 is 2.11 bits per heavy atom. The highest BCUT2D eigenvalue weighted by Gasteiger charge is 2.28. The summed E-state index contributed by atoms with van der Waals surface area (Å²) in [6.45, 7) is 4.05. The third-order valence-corrected chi connectivity index (χ3v) is 5.58. The number of nitrogens with zero attached hydrogens (tertiary/aromatic N) is 3. The van der Waals surface area contributed by atoms with E-state index < -0.39 is 6.04 Å². The van der Waals surface area contributed by atoms with Crippen LogP contribution >= 0.6 is 11.6 Å². The first-order valence-corrected chi connectivity index (χ1v) is 9.58. The van der Waals surface area contributed by atoms with Gasteiger partial charge in [0.15, 0.2) is 0 Å². The molecule has 3 rings (SSSR count). The van der Waals surface area contributed by atoms with E-state index in [4.69, 9.17) is 17.3 Å². The molecule has 146 valence electrons. The van der Waals surface area contributed by atoms with Gasteiger partial charge in [0.1, 0.15) is 5.15 Å². The average Bonchev–Trinajstić information content (AvgIpc) is 3.11. The fraction of sp³-hybridized carbons (Fsp3) is 0.556. The summed E-state index contributed by atoms with van der Waals surface area (Å²) in [7, 11) is 0. The number of carbonyl (C=O) groups is 1. The standard InChI is InChI=1S/C18H25ClN6O2/c1-10-3-5-12(6-4-10)16(20)18(27)22-13-8-21-25(9-13)11(2)14-7-15(19)23-24-17(14)26/h7-12,16H,3-6,20H2,1-2H3,(H,22,27)(H,24,26)/t10-,11?,12-,16-/m0/s1.